The van der Waals surface area contributed by atoms with Gasteiger partial charge in [-0.25, -0.2) is 0 Å². The number of carbonyl (C=O) groups excluding carboxylic acids is 1. The highest BCUT2D eigenvalue weighted by atomic mass is 16.7. The molecule has 1 aliphatic carbocycles. The first-order valence-electron chi connectivity index (χ1n) is 9.16. The van der Waals surface area contributed by atoms with Crippen LogP contribution in [0.2, 0.25) is 0 Å². The Kier molecular flexibility index (Phi) is 4.76. The standard InChI is InChI=1S/C20H29BO4/c1-13-7-8-15(16-9-14(10-16)11-18(22)23-6)12-17(13)21-24-19(2,3)20(4,5)25-21/h7-8,12,14,16H,9-11H2,1-6H3. The van der Waals surface area contributed by atoms with Crippen LogP contribution in [-0.4, -0.2) is 31.4 Å². The first kappa shape index (κ1) is 18.5. The van der Waals surface area contributed by atoms with Gasteiger partial charge in [0.25, 0.3) is 0 Å². The van der Waals surface area contributed by atoms with Gasteiger partial charge in [0.05, 0.1) is 18.3 Å². The number of benzene rings is 1. The van der Waals surface area contributed by atoms with Gasteiger partial charge in [0, 0.05) is 6.42 Å². The maximum Gasteiger partial charge on any atom is 0.495 e. The van der Waals surface area contributed by atoms with E-state index in [1.807, 2.05) is 0 Å². The Morgan fingerprint density at radius 3 is 2.36 bits per heavy atom. The number of carbonyl (C=O) groups is 1. The Balaban J connectivity index is 1.72. The summed E-state index contributed by atoms with van der Waals surface area (Å²) < 4.78 is 17.2. The van der Waals surface area contributed by atoms with Gasteiger partial charge in [-0.2, -0.15) is 0 Å². The molecular formula is C20H29BO4. The van der Waals surface area contributed by atoms with E-state index < -0.39 is 0 Å². The first-order valence-corrected chi connectivity index (χ1v) is 9.16. The van der Waals surface area contributed by atoms with E-state index in [1.54, 1.807) is 0 Å². The number of esters is 1. The van der Waals surface area contributed by atoms with Crippen molar-refractivity contribution in [2.24, 2.45) is 5.92 Å². The van der Waals surface area contributed by atoms with Crippen LogP contribution in [0.25, 0.3) is 0 Å². The average molecular weight is 344 g/mol. The van der Waals surface area contributed by atoms with Gasteiger partial charge in [-0.15, -0.1) is 0 Å². The monoisotopic (exact) mass is 344 g/mol. The van der Waals surface area contributed by atoms with Crippen molar-refractivity contribution in [3.05, 3.63) is 29.3 Å². The third kappa shape index (κ3) is 3.49. The highest BCUT2D eigenvalue weighted by molar-refractivity contribution is 6.62. The number of methoxy groups -OCH3 is 1. The Hall–Kier alpha value is -1.33. The second-order valence-corrected chi connectivity index (χ2v) is 8.52. The van der Waals surface area contributed by atoms with Crippen LogP contribution in [0.4, 0.5) is 0 Å². The predicted molar refractivity (Wildman–Crippen MR) is 99.0 cm³/mol. The normalized spacial score (nSPS) is 27.0. The largest absolute Gasteiger partial charge is 0.495 e. The molecule has 0 N–H and O–H groups in total. The molecule has 1 saturated heterocycles. The first-order chi connectivity index (χ1) is 11.6. The van der Waals surface area contributed by atoms with Gasteiger partial charge in [-0.3, -0.25) is 4.79 Å². The molecule has 2 aliphatic rings. The summed E-state index contributed by atoms with van der Waals surface area (Å²) in [6.45, 7) is 10.4. The van der Waals surface area contributed by atoms with E-state index in [0.29, 0.717) is 18.3 Å². The van der Waals surface area contributed by atoms with E-state index in [0.717, 1.165) is 18.3 Å². The number of hydrogen-bond donors (Lipinski definition) is 0. The Morgan fingerprint density at radius 2 is 1.80 bits per heavy atom. The van der Waals surface area contributed by atoms with Gasteiger partial charge in [0.2, 0.25) is 0 Å². The fraction of sp³-hybridized carbons (Fsp3) is 0.650. The Bertz CT molecular complexity index is 646. The van der Waals surface area contributed by atoms with Crippen molar-refractivity contribution >= 4 is 18.6 Å². The lowest BCUT2D eigenvalue weighted by Gasteiger charge is -2.35. The van der Waals surface area contributed by atoms with Gasteiger partial charge in [-0.05, 0) is 70.3 Å². The molecule has 0 bridgehead atoms. The lowest BCUT2D eigenvalue weighted by atomic mass is 9.67. The molecule has 2 fully saturated rings. The van der Waals surface area contributed by atoms with E-state index >= 15 is 0 Å². The van der Waals surface area contributed by atoms with Crippen molar-refractivity contribution in [1.29, 1.82) is 0 Å². The summed E-state index contributed by atoms with van der Waals surface area (Å²) in [6, 6.07) is 6.59. The number of hydrogen-bond acceptors (Lipinski definition) is 4. The zero-order valence-corrected chi connectivity index (χ0v) is 16.2. The molecule has 0 unspecified atom stereocenters. The summed E-state index contributed by atoms with van der Waals surface area (Å²) in [4.78, 5) is 11.4. The fourth-order valence-electron chi connectivity index (χ4n) is 3.63. The molecule has 3 rings (SSSR count). The van der Waals surface area contributed by atoms with E-state index in [2.05, 4.69) is 52.8 Å². The molecule has 0 spiro atoms. The van der Waals surface area contributed by atoms with E-state index in [9.17, 15) is 4.79 Å². The number of rotatable bonds is 4. The molecule has 0 radical (unpaired) electrons. The lowest BCUT2D eigenvalue weighted by Crippen LogP contribution is -2.41. The predicted octanol–water partition coefficient (Wildman–Crippen LogP) is 3.35. The molecule has 1 saturated carbocycles. The SMILES string of the molecule is COC(=O)CC1CC(c2ccc(C)c(B3OC(C)(C)C(C)(C)O3)c2)C1. The van der Waals surface area contributed by atoms with Crippen LogP contribution in [0, 0.1) is 12.8 Å². The van der Waals surface area contributed by atoms with Crippen LogP contribution in [0.1, 0.15) is 64.0 Å². The molecule has 1 aromatic rings. The van der Waals surface area contributed by atoms with Crippen molar-refractivity contribution in [2.75, 3.05) is 7.11 Å². The molecule has 0 amide bonds. The highest BCUT2D eigenvalue weighted by Gasteiger charge is 2.52. The molecule has 136 valence electrons. The van der Waals surface area contributed by atoms with Crippen LogP contribution < -0.4 is 5.46 Å². The van der Waals surface area contributed by atoms with Crippen molar-refractivity contribution in [3.8, 4) is 0 Å². The maximum atomic E-state index is 11.4. The summed E-state index contributed by atoms with van der Waals surface area (Å²) in [7, 11) is 1.13. The lowest BCUT2D eigenvalue weighted by molar-refractivity contribution is -0.142. The van der Waals surface area contributed by atoms with Crippen molar-refractivity contribution < 1.29 is 18.8 Å². The van der Waals surface area contributed by atoms with E-state index in [-0.39, 0.29) is 24.3 Å². The molecule has 5 heteroatoms. The molecule has 4 nitrogen and oxygen atoms in total. The number of aryl methyl sites for hydroxylation is 1. The van der Waals surface area contributed by atoms with Crippen LogP contribution in [0.15, 0.2) is 18.2 Å². The summed E-state index contributed by atoms with van der Waals surface area (Å²) in [6.07, 6.45) is 2.62. The van der Waals surface area contributed by atoms with Crippen LogP contribution in [-0.2, 0) is 18.8 Å². The van der Waals surface area contributed by atoms with Gasteiger partial charge in [-0.1, -0.05) is 23.8 Å². The minimum atomic E-state index is -0.331. The van der Waals surface area contributed by atoms with Crippen LogP contribution >= 0.6 is 0 Å². The van der Waals surface area contributed by atoms with Crippen molar-refractivity contribution in [1.82, 2.24) is 0 Å². The summed E-state index contributed by atoms with van der Waals surface area (Å²) in [5.41, 5.74) is 2.96. The minimum Gasteiger partial charge on any atom is -0.469 e. The maximum absolute atomic E-state index is 11.4. The quantitative estimate of drug-likeness (QED) is 0.621. The van der Waals surface area contributed by atoms with Gasteiger partial charge in [0.15, 0.2) is 0 Å². The van der Waals surface area contributed by atoms with E-state index in [4.69, 9.17) is 14.0 Å². The summed E-state index contributed by atoms with van der Waals surface area (Å²) >= 11 is 0. The van der Waals surface area contributed by atoms with Gasteiger partial charge in [0.1, 0.15) is 0 Å². The molecular weight excluding hydrogens is 315 g/mol. The highest BCUT2D eigenvalue weighted by Crippen LogP contribution is 2.43. The Labute approximate surface area is 151 Å². The van der Waals surface area contributed by atoms with Crippen LogP contribution in [0.3, 0.4) is 0 Å². The van der Waals surface area contributed by atoms with E-state index in [1.165, 1.54) is 18.2 Å². The summed E-state index contributed by atoms with van der Waals surface area (Å²) in [5, 5.41) is 0. The average Bonchev–Trinajstić information content (AvgIpc) is 2.71. The minimum absolute atomic E-state index is 0.106. The molecule has 25 heavy (non-hydrogen) atoms. The molecule has 1 aromatic carbocycles. The van der Waals surface area contributed by atoms with Crippen LogP contribution in [0.5, 0.6) is 0 Å². The zero-order chi connectivity index (χ0) is 18.4. The van der Waals surface area contributed by atoms with Gasteiger partial charge >= 0.3 is 13.1 Å². The Morgan fingerprint density at radius 1 is 1.20 bits per heavy atom. The molecule has 0 aromatic heterocycles. The molecule has 1 heterocycles. The van der Waals surface area contributed by atoms with Crippen molar-refractivity contribution in [3.63, 3.8) is 0 Å². The smallest absolute Gasteiger partial charge is 0.469 e. The molecule has 1 aliphatic heterocycles. The topological polar surface area (TPSA) is 44.8 Å². The second kappa shape index (κ2) is 6.44. The molecule has 0 atom stereocenters. The third-order valence-corrected chi connectivity index (χ3v) is 6.20. The van der Waals surface area contributed by atoms with Crippen molar-refractivity contribution in [2.45, 2.75) is 71.0 Å². The zero-order valence-electron chi connectivity index (χ0n) is 16.2. The third-order valence-electron chi connectivity index (χ3n) is 6.20. The number of ether oxygens (including phenoxy) is 1. The fourth-order valence-corrected chi connectivity index (χ4v) is 3.63. The summed E-state index contributed by atoms with van der Waals surface area (Å²) in [5.74, 6) is 0.848. The van der Waals surface area contributed by atoms with Gasteiger partial charge < -0.3 is 14.0 Å². The second-order valence-electron chi connectivity index (χ2n) is 8.52.